The molecule has 1 aliphatic heterocycles. The van der Waals surface area contributed by atoms with Gasteiger partial charge in [-0.25, -0.2) is 4.79 Å². The minimum Gasteiger partial charge on any atom is -0.467 e. The maximum atomic E-state index is 10.6. The molecule has 0 radical (unpaired) electrons. The molecule has 12 heavy (non-hydrogen) atoms. The number of esters is 1. The van der Waals surface area contributed by atoms with Crippen LogP contribution in [0.1, 0.15) is 0 Å². The highest BCUT2D eigenvalue weighted by Crippen LogP contribution is 2.08. The highest BCUT2D eigenvalue weighted by atomic mass is 16.6. The van der Waals surface area contributed by atoms with Gasteiger partial charge in [0.1, 0.15) is 6.61 Å². The SMILES string of the molecule is COC(=O)COC1CN(C=O)C1. The van der Waals surface area contributed by atoms with E-state index in [1.54, 1.807) is 4.90 Å². The highest BCUT2D eigenvalue weighted by Gasteiger charge is 2.26. The van der Waals surface area contributed by atoms with E-state index >= 15 is 0 Å². The Morgan fingerprint density at radius 2 is 2.33 bits per heavy atom. The fraction of sp³-hybridized carbons (Fsp3) is 0.714. The smallest absolute Gasteiger partial charge is 0.331 e. The molecule has 0 aromatic heterocycles. The fourth-order valence-electron chi connectivity index (χ4n) is 0.906. The largest absolute Gasteiger partial charge is 0.467 e. The number of nitrogens with zero attached hydrogens (tertiary/aromatic N) is 1. The van der Waals surface area contributed by atoms with Gasteiger partial charge in [0, 0.05) is 13.1 Å². The third kappa shape index (κ3) is 2.20. The standard InChI is InChI=1S/C7H11NO4/c1-11-7(10)4-12-6-2-8(3-6)5-9/h5-6H,2-4H2,1H3. The van der Waals surface area contributed by atoms with Gasteiger partial charge in [-0.3, -0.25) is 4.79 Å². The molecule has 68 valence electrons. The van der Waals surface area contributed by atoms with Crippen molar-refractivity contribution in [1.29, 1.82) is 0 Å². The summed E-state index contributed by atoms with van der Waals surface area (Å²) in [6.45, 7) is 1.11. The lowest BCUT2D eigenvalue weighted by atomic mass is 10.2. The van der Waals surface area contributed by atoms with Crippen LogP contribution in [0.3, 0.4) is 0 Å². The molecule has 0 atom stereocenters. The summed E-state index contributed by atoms with van der Waals surface area (Å²) < 4.78 is 9.46. The molecule has 0 aromatic rings. The maximum Gasteiger partial charge on any atom is 0.331 e. The number of ether oxygens (including phenoxy) is 2. The second-order valence-electron chi connectivity index (χ2n) is 2.57. The van der Waals surface area contributed by atoms with Gasteiger partial charge in [0.05, 0.1) is 13.2 Å². The molecule has 0 N–H and O–H groups in total. The predicted molar refractivity (Wildman–Crippen MR) is 39.4 cm³/mol. The number of carbonyl (C=O) groups is 2. The maximum absolute atomic E-state index is 10.6. The van der Waals surface area contributed by atoms with E-state index in [4.69, 9.17) is 4.74 Å². The molecule has 0 unspecified atom stereocenters. The van der Waals surface area contributed by atoms with Gasteiger partial charge < -0.3 is 14.4 Å². The normalized spacial score (nSPS) is 16.9. The molecule has 5 heteroatoms. The molecule has 0 bridgehead atoms. The zero-order valence-corrected chi connectivity index (χ0v) is 6.86. The van der Waals surface area contributed by atoms with Gasteiger partial charge in [0.25, 0.3) is 0 Å². The zero-order valence-electron chi connectivity index (χ0n) is 6.86. The minimum atomic E-state index is -0.389. The third-order valence-corrected chi connectivity index (χ3v) is 1.69. The summed E-state index contributed by atoms with van der Waals surface area (Å²) in [5, 5.41) is 0. The first-order valence-electron chi connectivity index (χ1n) is 3.64. The summed E-state index contributed by atoms with van der Waals surface area (Å²) in [6, 6.07) is 0. The highest BCUT2D eigenvalue weighted by molar-refractivity contribution is 5.70. The summed E-state index contributed by atoms with van der Waals surface area (Å²) in [7, 11) is 1.31. The lowest BCUT2D eigenvalue weighted by Crippen LogP contribution is -2.51. The minimum absolute atomic E-state index is 0.00528. The van der Waals surface area contributed by atoms with Crippen molar-refractivity contribution in [3.8, 4) is 0 Å². The molecule has 1 saturated heterocycles. The van der Waals surface area contributed by atoms with Crippen LogP contribution in [0.4, 0.5) is 0 Å². The third-order valence-electron chi connectivity index (χ3n) is 1.69. The Bertz CT molecular complexity index is 176. The Balaban J connectivity index is 2.03. The molecular formula is C7H11NO4. The number of methoxy groups -OCH3 is 1. The van der Waals surface area contributed by atoms with Crippen molar-refractivity contribution >= 4 is 12.4 Å². The molecule has 0 aromatic carbocycles. The van der Waals surface area contributed by atoms with E-state index < -0.39 is 0 Å². The molecule has 0 aliphatic carbocycles. The number of hydrogen-bond acceptors (Lipinski definition) is 4. The van der Waals surface area contributed by atoms with Crippen molar-refractivity contribution in [3.63, 3.8) is 0 Å². The first kappa shape index (κ1) is 8.99. The molecule has 1 amide bonds. The van der Waals surface area contributed by atoms with Crippen LogP contribution in [0.15, 0.2) is 0 Å². The second kappa shape index (κ2) is 4.06. The fourth-order valence-corrected chi connectivity index (χ4v) is 0.906. The van der Waals surface area contributed by atoms with E-state index in [1.165, 1.54) is 7.11 Å². The molecule has 1 aliphatic rings. The number of rotatable bonds is 4. The van der Waals surface area contributed by atoms with Gasteiger partial charge in [0.2, 0.25) is 6.41 Å². The summed E-state index contributed by atoms with van der Waals surface area (Å²) in [5.41, 5.74) is 0. The first-order chi connectivity index (χ1) is 5.76. The first-order valence-corrected chi connectivity index (χ1v) is 3.64. The van der Waals surface area contributed by atoms with Gasteiger partial charge in [-0.05, 0) is 0 Å². The van der Waals surface area contributed by atoms with E-state index in [2.05, 4.69) is 4.74 Å². The zero-order chi connectivity index (χ0) is 8.97. The van der Waals surface area contributed by atoms with Gasteiger partial charge in [-0.2, -0.15) is 0 Å². The van der Waals surface area contributed by atoms with E-state index in [9.17, 15) is 9.59 Å². The van der Waals surface area contributed by atoms with Crippen molar-refractivity contribution in [2.24, 2.45) is 0 Å². The average molecular weight is 173 g/mol. The monoisotopic (exact) mass is 173 g/mol. The van der Waals surface area contributed by atoms with Crippen molar-refractivity contribution in [3.05, 3.63) is 0 Å². The van der Waals surface area contributed by atoms with Gasteiger partial charge >= 0.3 is 5.97 Å². The lowest BCUT2D eigenvalue weighted by molar-refractivity contribution is -0.153. The van der Waals surface area contributed by atoms with Crippen LogP contribution in [0.5, 0.6) is 0 Å². The van der Waals surface area contributed by atoms with E-state index in [1.807, 2.05) is 0 Å². The second-order valence-corrected chi connectivity index (χ2v) is 2.57. The molecule has 0 spiro atoms. The van der Waals surface area contributed by atoms with Crippen LogP contribution in [-0.4, -0.2) is 50.2 Å². The van der Waals surface area contributed by atoms with Crippen LogP contribution < -0.4 is 0 Å². The number of carbonyl (C=O) groups excluding carboxylic acids is 2. The summed E-state index contributed by atoms with van der Waals surface area (Å²) in [5.74, 6) is -0.389. The van der Waals surface area contributed by atoms with Crippen molar-refractivity contribution in [2.45, 2.75) is 6.10 Å². The molecule has 5 nitrogen and oxygen atoms in total. The van der Waals surface area contributed by atoms with Gasteiger partial charge in [0.15, 0.2) is 0 Å². The Morgan fingerprint density at radius 1 is 1.67 bits per heavy atom. The van der Waals surface area contributed by atoms with E-state index in [0.29, 0.717) is 13.1 Å². The average Bonchev–Trinajstić information content (AvgIpc) is 2.01. The van der Waals surface area contributed by atoms with Gasteiger partial charge in [-0.15, -0.1) is 0 Å². The topological polar surface area (TPSA) is 55.8 Å². The molecular weight excluding hydrogens is 162 g/mol. The van der Waals surface area contributed by atoms with Crippen LogP contribution >= 0.6 is 0 Å². The Hall–Kier alpha value is -1.10. The molecule has 0 saturated carbocycles. The van der Waals surface area contributed by atoms with E-state index in [0.717, 1.165) is 6.41 Å². The Kier molecular flexibility index (Phi) is 3.04. The Morgan fingerprint density at radius 3 is 2.83 bits per heavy atom. The summed E-state index contributed by atoms with van der Waals surface area (Å²) in [4.78, 5) is 22.3. The lowest BCUT2D eigenvalue weighted by Gasteiger charge is -2.35. The van der Waals surface area contributed by atoms with Crippen molar-refractivity contribution in [2.75, 3.05) is 26.8 Å². The quantitative estimate of drug-likeness (QED) is 0.405. The Labute approximate surface area is 70.2 Å². The molecule has 1 fully saturated rings. The summed E-state index contributed by atoms with van der Waals surface area (Å²) >= 11 is 0. The van der Waals surface area contributed by atoms with Crippen LogP contribution in [0.25, 0.3) is 0 Å². The van der Waals surface area contributed by atoms with Crippen molar-refractivity contribution < 1.29 is 19.1 Å². The molecule has 1 rings (SSSR count). The van der Waals surface area contributed by atoms with Gasteiger partial charge in [-0.1, -0.05) is 0 Å². The van der Waals surface area contributed by atoms with Crippen molar-refractivity contribution in [1.82, 2.24) is 4.90 Å². The summed E-state index contributed by atoms with van der Waals surface area (Å²) in [6.07, 6.45) is 0.757. The van der Waals surface area contributed by atoms with E-state index in [-0.39, 0.29) is 18.7 Å². The number of likely N-dealkylation sites (tertiary alicyclic amines) is 1. The predicted octanol–water partition coefficient (Wildman–Crippen LogP) is -0.983. The van der Waals surface area contributed by atoms with Crippen LogP contribution in [-0.2, 0) is 19.1 Å². The molecule has 1 heterocycles. The number of amides is 1. The van der Waals surface area contributed by atoms with Crippen LogP contribution in [0, 0.1) is 0 Å². The van der Waals surface area contributed by atoms with Crippen LogP contribution in [0.2, 0.25) is 0 Å². The number of hydrogen-bond donors (Lipinski definition) is 0.